The summed E-state index contributed by atoms with van der Waals surface area (Å²) in [5.41, 5.74) is 0.571. The molecule has 0 amide bonds. The number of hydrogen-bond donors (Lipinski definition) is 0. The van der Waals surface area contributed by atoms with Crippen molar-refractivity contribution in [1.82, 2.24) is 0 Å². The van der Waals surface area contributed by atoms with Crippen LogP contribution in [-0.4, -0.2) is 6.10 Å². The molecule has 1 aromatic carbocycles. The molecule has 2 heteroatoms. The van der Waals surface area contributed by atoms with Gasteiger partial charge in [-0.25, -0.2) is 0 Å². The Balaban J connectivity index is 2.80. The number of nitrogens with zero attached hydrogens (tertiary/aromatic N) is 1. The predicted octanol–water partition coefficient (Wildman–Crippen LogP) is 1.96. The first-order valence-corrected chi connectivity index (χ1v) is 3.89. The summed E-state index contributed by atoms with van der Waals surface area (Å²) in [6, 6.07) is 8.94. The van der Waals surface area contributed by atoms with Gasteiger partial charge in [0.1, 0.15) is 5.75 Å². The van der Waals surface area contributed by atoms with E-state index in [9.17, 15) is 0 Å². The average Bonchev–Trinajstić information content (AvgIpc) is 2.18. The Kier molecular flexibility index (Phi) is 2.95. The van der Waals surface area contributed by atoms with Gasteiger partial charge >= 0.3 is 0 Å². The third kappa shape index (κ3) is 2.54. The van der Waals surface area contributed by atoms with Crippen molar-refractivity contribution in [3.63, 3.8) is 0 Å². The van der Waals surface area contributed by atoms with E-state index in [-0.39, 0.29) is 6.10 Å². The maximum atomic E-state index is 8.61. The maximum absolute atomic E-state index is 8.61. The Morgan fingerprint density at radius 1 is 1.54 bits per heavy atom. The zero-order valence-corrected chi connectivity index (χ0v) is 7.32. The van der Waals surface area contributed by atoms with Crippen molar-refractivity contribution < 1.29 is 4.74 Å². The summed E-state index contributed by atoms with van der Waals surface area (Å²) in [4.78, 5) is 0. The van der Waals surface area contributed by atoms with Gasteiger partial charge in [0.25, 0.3) is 0 Å². The highest BCUT2D eigenvalue weighted by atomic mass is 16.5. The highest BCUT2D eigenvalue weighted by Gasteiger charge is 1.99. The summed E-state index contributed by atoms with van der Waals surface area (Å²) < 4.78 is 5.32. The van der Waals surface area contributed by atoms with Gasteiger partial charge in [-0.2, -0.15) is 5.26 Å². The summed E-state index contributed by atoms with van der Waals surface area (Å²) >= 11 is 0. The molecule has 0 bridgehead atoms. The minimum absolute atomic E-state index is 0.269. The second-order valence-corrected chi connectivity index (χ2v) is 2.57. The molecule has 0 heterocycles. The van der Waals surface area contributed by atoms with E-state index in [1.165, 1.54) is 0 Å². The number of ether oxygens (including phenoxy) is 1. The summed E-state index contributed by atoms with van der Waals surface area (Å²) in [6.07, 6.45) is 4.88. The standard InChI is InChI=1S/C11H9NO/c1-3-9(2)13-11-6-4-5-10(7-11)8-12/h1,4-7,9H,2H3. The largest absolute Gasteiger partial charge is 0.478 e. The van der Waals surface area contributed by atoms with E-state index in [2.05, 4.69) is 5.92 Å². The highest BCUT2D eigenvalue weighted by molar-refractivity contribution is 5.36. The molecule has 1 unspecified atom stereocenters. The summed E-state index contributed by atoms with van der Waals surface area (Å²) in [5, 5.41) is 8.61. The van der Waals surface area contributed by atoms with E-state index in [0.29, 0.717) is 11.3 Å². The van der Waals surface area contributed by atoms with Crippen LogP contribution in [0, 0.1) is 23.7 Å². The molecule has 0 aliphatic rings. The van der Waals surface area contributed by atoms with E-state index in [1.54, 1.807) is 31.2 Å². The smallest absolute Gasteiger partial charge is 0.156 e. The minimum atomic E-state index is -0.269. The molecule has 1 atom stereocenters. The van der Waals surface area contributed by atoms with E-state index in [0.717, 1.165) is 0 Å². The molecule has 0 radical (unpaired) electrons. The lowest BCUT2D eigenvalue weighted by Crippen LogP contribution is -2.07. The van der Waals surface area contributed by atoms with Crippen molar-refractivity contribution in [3.8, 4) is 24.2 Å². The van der Waals surface area contributed by atoms with Crippen molar-refractivity contribution in [2.45, 2.75) is 13.0 Å². The molecule has 1 rings (SSSR count). The zero-order chi connectivity index (χ0) is 9.68. The van der Waals surface area contributed by atoms with Gasteiger partial charge in [-0.15, -0.1) is 6.42 Å². The van der Waals surface area contributed by atoms with Crippen LogP contribution in [0.5, 0.6) is 5.75 Å². The summed E-state index contributed by atoms with van der Waals surface area (Å²) in [6.45, 7) is 1.78. The molecule has 0 spiro atoms. The number of nitriles is 1. The van der Waals surface area contributed by atoms with Gasteiger partial charge in [-0.05, 0) is 25.1 Å². The van der Waals surface area contributed by atoms with Gasteiger partial charge in [0.15, 0.2) is 6.10 Å². The molecule has 13 heavy (non-hydrogen) atoms. The van der Waals surface area contributed by atoms with Crippen LogP contribution in [0.15, 0.2) is 24.3 Å². The first-order chi connectivity index (χ1) is 6.26. The summed E-state index contributed by atoms with van der Waals surface area (Å²) in [5.74, 6) is 3.07. The maximum Gasteiger partial charge on any atom is 0.156 e. The molecule has 0 saturated carbocycles. The second kappa shape index (κ2) is 4.18. The van der Waals surface area contributed by atoms with Crippen LogP contribution in [0.3, 0.4) is 0 Å². The van der Waals surface area contributed by atoms with E-state index >= 15 is 0 Å². The molecular weight excluding hydrogens is 162 g/mol. The molecule has 0 saturated heterocycles. The van der Waals surface area contributed by atoms with Crippen molar-refractivity contribution in [3.05, 3.63) is 29.8 Å². The van der Waals surface area contributed by atoms with E-state index in [4.69, 9.17) is 16.4 Å². The molecule has 64 valence electrons. The Hall–Kier alpha value is -1.93. The lowest BCUT2D eigenvalue weighted by atomic mass is 10.2. The van der Waals surface area contributed by atoms with Crippen LogP contribution in [0.1, 0.15) is 12.5 Å². The van der Waals surface area contributed by atoms with Crippen molar-refractivity contribution in [1.29, 1.82) is 5.26 Å². The molecule has 0 fully saturated rings. The minimum Gasteiger partial charge on any atom is -0.478 e. The van der Waals surface area contributed by atoms with Crippen LogP contribution in [0.2, 0.25) is 0 Å². The fourth-order valence-corrected chi connectivity index (χ4v) is 0.877. The quantitative estimate of drug-likeness (QED) is 0.637. The normalized spacial score (nSPS) is 11.0. The third-order valence-electron chi connectivity index (χ3n) is 1.51. The molecule has 0 aromatic heterocycles. The third-order valence-corrected chi connectivity index (χ3v) is 1.51. The van der Waals surface area contributed by atoms with Crippen molar-refractivity contribution in [2.24, 2.45) is 0 Å². The van der Waals surface area contributed by atoms with Crippen LogP contribution in [0.4, 0.5) is 0 Å². The van der Waals surface area contributed by atoms with Crippen LogP contribution >= 0.6 is 0 Å². The SMILES string of the molecule is C#CC(C)Oc1cccc(C#N)c1. The van der Waals surface area contributed by atoms with E-state index < -0.39 is 0 Å². The molecular formula is C11H9NO. The van der Waals surface area contributed by atoms with Gasteiger partial charge in [-0.3, -0.25) is 0 Å². The zero-order valence-electron chi connectivity index (χ0n) is 7.32. The number of terminal acetylenes is 1. The molecule has 0 aliphatic carbocycles. The van der Waals surface area contributed by atoms with Gasteiger partial charge in [0.05, 0.1) is 11.6 Å². The van der Waals surface area contributed by atoms with Gasteiger partial charge < -0.3 is 4.74 Å². The molecule has 1 aromatic rings. The van der Waals surface area contributed by atoms with Crippen molar-refractivity contribution in [2.75, 3.05) is 0 Å². The molecule has 0 aliphatic heterocycles. The Bertz CT molecular complexity index is 370. The lowest BCUT2D eigenvalue weighted by molar-refractivity contribution is 0.279. The fraction of sp³-hybridized carbons (Fsp3) is 0.182. The Morgan fingerprint density at radius 3 is 2.92 bits per heavy atom. The monoisotopic (exact) mass is 171 g/mol. The van der Waals surface area contributed by atoms with Crippen LogP contribution < -0.4 is 4.74 Å². The second-order valence-electron chi connectivity index (χ2n) is 2.57. The van der Waals surface area contributed by atoms with Gasteiger partial charge in [0.2, 0.25) is 0 Å². The lowest BCUT2D eigenvalue weighted by Gasteiger charge is -2.08. The number of rotatable bonds is 2. The fourth-order valence-electron chi connectivity index (χ4n) is 0.877. The Labute approximate surface area is 77.8 Å². The first kappa shape index (κ1) is 9.16. The van der Waals surface area contributed by atoms with Crippen molar-refractivity contribution >= 4 is 0 Å². The van der Waals surface area contributed by atoms with E-state index in [1.807, 2.05) is 6.07 Å². The highest BCUT2D eigenvalue weighted by Crippen LogP contribution is 2.13. The first-order valence-electron chi connectivity index (χ1n) is 3.89. The summed E-state index contributed by atoms with van der Waals surface area (Å²) in [7, 11) is 0. The topological polar surface area (TPSA) is 33.0 Å². The average molecular weight is 171 g/mol. The van der Waals surface area contributed by atoms with Crippen LogP contribution in [-0.2, 0) is 0 Å². The van der Waals surface area contributed by atoms with Gasteiger partial charge in [0, 0.05) is 0 Å². The predicted molar refractivity (Wildman–Crippen MR) is 50.1 cm³/mol. The molecule has 0 N–H and O–H groups in total. The number of benzene rings is 1. The number of hydrogen-bond acceptors (Lipinski definition) is 2. The Morgan fingerprint density at radius 2 is 2.31 bits per heavy atom. The molecule has 2 nitrogen and oxygen atoms in total. The van der Waals surface area contributed by atoms with Crippen LogP contribution in [0.25, 0.3) is 0 Å². The van der Waals surface area contributed by atoms with Gasteiger partial charge in [-0.1, -0.05) is 12.0 Å².